The fourth-order valence-corrected chi connectivity index (χ4v) is 2.26. The molecule has 1 atom stereocenters. The van der Waals surface area contributed by atoms with Gasteiger partial charge in [-0.2, -0.15) is 0 Å². The lowest BCUT2D eigenvalue weighted by molar-refractivity contribution is 0.178. The second-order valence-electron chi connectivity index (χ2n) is 4.78. The number of nitrogens with zero attached hydrogens (tertiary/aromatic N) is 1. The largest absolute Gasteiger partial charge is 0.447 e. The lowest BCUT2D eigenvalue weighted by Crippen LogP contribution is -2.35. The minimum absolute atomic E-state index is 0.130. The second kappa shape index (κ2) is 5.40. The molecule has 0 aliphatic carbocycles. The summed E-state index contributed by atoms with van der Waals surface area (Å²) in [6.45, 7) is 5.42. The van der Waals surface area contributed by atoms with E-state index in [1.54, 1.807) is 4.90 Å². The topological polar surface area (TPSA) is 41.6 Å². The Hall–Kier alpha value is -1.55. The number of aryl methyl sites for hydroxylation is 2. The van der Waals surface area contributed by atoms with Gasteiger partial charge >= 0.3 is 6.09 Å². The van der Waals surface area contributed by atoms with Crippen molar-refractivity contribution in [3.8, 4) is 0 Å². The van der Waals surface area contributed by atoms with E-state index in [1.165, 1.54) is 0 Å². The third kappa shape index (κ3) is 2.48. The molecule has 0 saturated carbocycles. The van der Waals surface area contributed by atoms with Crippen molar-refractivity contribution in [2.45, 2.75) is 26.3 Å². The highest BCUT2D eigenvalue weighted by molar-refractivity contribution is 5.91. The Bertz CT molecular complexity index is 445. The first-order valence-corrected chi connectivity index (χ1v) is 6.31. The van der Waals surface area contributed by atoms with Crippen LogP contribution in [0.5, 0.6) is 0 Å². The normalized spacial score (nSPS) is 19.2. The van der Waals surface area contributed by atoms with Crippen LogP contribution >= 0.6 is 0 Å². The smallest absolute Gasteiger partial charge is 0.414 e. The van der Waals surface area contributed by atoms with E-state index in [9.17, 15) is 4.79 Å². The molecule has 0 bridgehead atoms. The number of amides is 1. The zero-order chi connectivity index (χ0) is 13.1. The molecule has 0 radical (unpaired) electrons. The van der Waals surface area contributed by atoms with Crippen LogP contribution in [0.3, 0.4) is 0 Å². The van der Waals surface area contributed by atoms with Crippen molar-refractivity contribution in [3.63, 3.8) is 0 Å². The molecule has 1 aliphatic rings. The molecule has 4 heteroatoms. The minimum Gasteiger partial charge on any atom is -0.447 e. The molecule has 1 heterocycles. The first-order valence-electron chi connectivity index (χ1n) is 6.31. The highest BCUT2D eigenvalue weighted by Crippen LogP contribution is 2.28. The number of cyclic esters (lactones) is 1. The highest BCUT2D eigenvalue weighted by Gasteiger charge is 2.34. The lowest BCUT2D eigenvalue weighted by atomic mass is 10.1. The van der Waals surface area contributed by atoms with Gasteiger partial charge in [0.05, 0.1) is 11.7 Å². The molecule has 1 amide bonds. The summed E-state index contributed by atoms with van der Waals surface area (Å²) in [6, 6.07) is 6.29. The molecule has 1 aromatic rings. The molecule has 1 saturated heterocycles. The molecule has 1 unspecified atom stereocenters. The minimum atomic E-state index is -0.232. The summed E-state index contributed by atoms with van der Waals surface area (Å²) in [7, 11) is 1.92. The van der Waals surface area contributed by atoms with Crippen LogP contribution in [0, 0.1) is 13.8 Å². The van der Waals surface area contributed by atoms with E-state index in [2.05, 4.69) is 11.4 Å². The van der Waals surface area contributed by atoms with Crippen LogP contribution in [0.25, 0.3) is 0 Å². The molecule has 98 valence electrons. The molecule has 1 fully saturated rings. The fraction of sp³-hybridized carbons (Fsp3) is 0.500. The number of nitrogens with one attached hydrogen (secondary N) is 1. The maximum atomic E-state index is 11.9. The van der Waals surface area contributed by atoms with E-state index in [4.69, 9.17) is 4.74 Å². The molecule has 1 aromatic carbocycles. The summed E-state index contributed by atoms with van der Waals surface area (Å²) in [5, 5.41) is 3.11. The van der Waals surface area contributed by atoms with Gasteiger partial charge in [0.2, 0.25) is 0 Å². The summed E-state index contributed by atoms with van der Waals surface area (Å²) < 4.78 is 5.18. The maximum Gasteiger partial charge on any atom is 0.414 e. The summed E-state index contributed by atoms with van der Waals surface area (Å²) >= 11 is 0. The third-order valence-electron chi connectivity index (χ3n) is 3.31. The summed E-state index contributed by atoms with van der Waals surface area (Å²) in [5.74, 6) is 0. The Labute approximate surface area is 108 Å². The van der Waals surface area contributed by atoms with Crippen LogP contribution in [0.15, 0.2) is 18.2 Å². The molecule has 2 rings (SSSR count). The van der Waals surface area contributed by atoms with E-state index in [1.807, 2.05) is 33.0 Å². The van der Waals surface area contributed by atoms with Gasteiger partial charge in [-0.3, -0.25) is 4.90 Å². The van der Waals surface area contributed by atoms with Gasteiger partial charge in [0, 0.05) is 0 Å². The van der Waals surface area contributed by atoms with Crippen LogP contribution in [0.4, 0.5) is 10.5 Å². The van der Waals surface area contributed by atoms with Gasteiger partial charge in [0.25, 0.3) is 0 Å². The van der Waals surface area contributed by atoms with Crippen LogP contribution in [0.2, 0.25) is 0 Å². The Kier molecular flexibility index (Phi) is 3.87. The monoisotopic (exact) mass is 248 g/mol. The number of ether oxygens (including phenoxy) is 1. The van der Waals surface area contributed by atoms with Gasteiger partial charge in [0.1, 0.15) is 6.61 Å². The van der Waals surface area contributed by atoms with Crippen molar-refractivity contribution in [2.75, 3.05) is 25.1 Å². The number of carbonyl (C=O) groups excluding carboxylic acids is 1. The average molecular weight is 248 g/mol. The van der Waals surface area contributed by atoms with E-state index < -0.39 is 0 Å². The maximum absolute atomic E-state index is 11.9. The van der Waals surface area contributed by atoms with Crippen molar-refractivity contribution < 1.29 is 9.53 Å². The number of anilines is 1. The first-order chi connectivity index (χ1) is 8.63. The van der Waals surface area contributed by atoms with Gasteiger partial charge < -0.3 is 10.1 Å². The molecular formula is C14H20N2O2. The van der Waals surface area contributed by atoms with Crippen molar-refractivity contribution in [1.82, 2.24) is 5.32 Å². The van der Waals surface area contributed by atoms with Gasteiger partial charge in [-0.25, -0.2) is 4.79 Å². The Balaban J connectivity index is 2.27. The average Bonchev–Trinajstić information content (AvgIpc) is 2.71. The molecule has 18 heavy (non-hydrogen) atoms. The summed E-state index contributed by atoms with van der Waals surface area (Å²) in [5.41, 5.74) is 3.23. The SMILES string of the molecule is CNCCC1COC(=O)N1c1cc(C)ccc1C. The third-order valence-corrected chi connectivity index (χ3v) is 3.31. The summed E-state index contributed by atoms with van der Waals surface area (Å²) in [6.07, 6.45) is 0.667. The fourth-order valence-electron chi connectivity index (χ4n) is 2.26. The molecule has 1 aliphatic heterocycles. The van der Waals surface area contributed by atoms with Crippen molar-refractivity contribution in [3.05, 3.63) is 29.3 Å². The number of rotatable bonds is 4. The second-order valence-corrected chi connectivity index (χ2v) is 4.78. The highest BCUT2D eigenvalue weighted by atomic mass is 16.6. The van der Waals surface area contributed by atoms with Crippen LogP contribution in [-0.4, -0.2) is 32.3 Å². The quantitative estimate of drug-likeness (QED) is 0.888. The first kappa shape index (κ1) is 12.9. The van der Waals surface area contributed by atoms with E-state index in [-0.39, 0.29) is 12.1 Å². The van der Waals surface area contributed by atoms with Crippen LogP contribution < -0.4 is 10.2 Å². The van der Waals surface area contributed by atoms with Crippen LogP contribution in [0.1, 0.15) is 17.5 Å². The number of hydrogen-bond donors (Lipinski definition) is 1. The molecule has 1 N–H and O–H groups in total. The Morgan fingerprint density at radius 3 is 2.94 bits per heavy atom. The predicted octanol–water partition coefficient (Wildman–Crippen LogP) is 2.24. The zero-order valence-corrected chi connectivity index (χ0v) is 11.2. The van der Waals surface area contributed by atoms with Crippen LogP contribution in [-0.2, 0) is 4.74 Å². The van der Waals surface area contributed by atoms with Gasteiger partial charge in [-0.05, 0) is 51.1 Å². The lowest BCUT2D eigenvalue weighted by Gasteiger charge is -2.23. The summed E-state index contributed by atoms with van der Waals surface area (Å²) in [4.78, 5) is 13.7. The molecule has 4 nitrogen and oxygen atoms in total. The van der Waals surface area contributed by atoms with Crippen molar-refractivity contribution in [2.24, 2.45) is 0 Å². The van der Waals surface area contributed by atoms with Crippen molar-refractivity contribution in [1.29, 1.82) is 0 Å². The Morgan fingerprint density at radius 1 is 1.44 bits per heavy atom. The van der Waals surface area contributed by atoms with E-state index >= 15 is 0 Å². The molecule has 0 aromatic heterocycles. The number of carbonyl (C=O) groups is 1. The Morgan fingerprint density at radius 2 is 2.22 bits per heavy atom. The van der Waals surface area contributed by atoms with Crippen molar-refractivity contribution >= 4 is 11.8 Å². The van der Waals surface area contributed by atoms with E-state index in [0.717, 1.165) is 29.8 Å². The zero-order valence-electron chi connectivity index (χ0n) is 11.2. The van der Waals surface area contributed by atoms with Gasteiger partial charge in [-0.15, -0.1) is 0 Å². The number of benzene rings is 1. The van der Waals surface area contributed by atoms with E-state index in [0.29, 0.717) is 6.61 Å². The molecule has 0 spiro atoms. The van der Waals surface area contributed by atoms with Gasteiger partial charge in [0.15, 0.2) is 0 Å². The molecular weight excluding hydrogens is 228 g/mol. The predicted molar refractivity (Wildman–Crippen MR) is 72.1 cm³/mol. The number of hydrogen-bond acceptors (Lipinski definition) is 3. The van der Waals surface area contributed by atoms with Gasteiger partial charge in [-0.1, -0.05) is 12.1 Å². The standard InChI is InChI=1S/C14H20N2O2/c1-10-4-5-11(2)13(8-10)16-12(6-7-15-3)9-18-14(16)17/h4-5,8,12,15H,6-7,9H2,1-3H3.